The van der Waals surface area contributed by atoms with Gasteiger partial charge in [-0.05, 0) is 141 Å². The van der Waals surface area contributed by atoms with Crippen LogP contribution in [0.15, 0.2) is 12.2 Å². The van der Waals surface area contributed by atoms with E-state index in [9.17, 15) is 9.59 Å². The Morgan fingerprint density at radius 1 is 0.774 bits per heavy atom. The number of unbranched alkanes of at least 4 members (excludes halogenated alkanes) is 7. The monoisotopic (exact) mass is 755 g/mol. The second-order valence-electron chi connectivity index (χ2n) is 20.3. The molecule has 53 heavy (non-hydrogen) atoms. The van der Waals surface area contributed by atoms with Crippen molar-refractivity contribution in [2.24, 2.45) is 56.7 Å². The number of amides is 1. The maximum Gasteiger partial charge on any atom is 0.303 e. The molecule has 0 heterocycles. The summed E-state index contributed by atoms with van der Waals surface area (Å²) >= 11 is 2.08. The predicted octanol–water partition coefficient (Wildman–Crippen LogP) is 11.8. The number of aliphatic carboxylic acids is 1. The third kappa shape index (κ3) is 8.64. The van der Waals surface area contributed by atoms with Crippen LogP contribution in [-0.4, -0.2) is 59.6 Å². The Hall–Kier alpha value is -1.01. The zero-order chi connectivity index (χ0) is 38.5. The van der Waals surface area contributed by atoms with Gasteiger partial charge in [0, 0.05) is 31.0 Å². The SMILES string of the molecule is C=C(CSCCN(CC)CC)[C@@H]1CC[C@]2(C(=O)NCCCCCCCCCCC(=O)O)CC[C@]3(C)[C@H](CC[C@@H]4[C@@]5(C)CCCC(C)(C)[C@@H]5CC[C@]43C)[C@@H]12. The molecule has 1 amide bonds. The van der Waals surface area contributed by atoms with Crippen molar-refractivity contribution in [3.8, 4) is 0 Å². The summed E-state index contributed by atoms with van der Waals surface area (Å²) in [5, 5.41) is 12.4. The molecule has 5 rings (SSSR count). The third-order valence-corrected chi connectivity index (χ3v) is 18.5. The average Bonchev–Trinajstić information content (AvgIpc) is 3.51. The standard InChI is InChI=1S/C47H82N2O3S/c1-9-49(10-2)32-33-53-34-35(3)36-23-28-47(42(52)48-31-18-16-14-12-11-13-15-17-20-40(50)51)30-29-45(7)37(41(36)47)21-22-39-44(6)26-19-25-43(4,5)38(44)24-27-46(39,45)8/h36-39,41H,3,9-34H2,1-2,4-8H3,(H,48,52)(H,50,51)/t36-,37+,38-,39+,41+,44-,45+,46+,47-/m0/s1. The van der Waals surface area contributed by atoms with Gasteiger partial charge in [0.2, 0.25) is 5.91 Å². The number of nitrogens with zero attached hydrogens (tertiary/aromatic N) is 1. The van der Waals surface area contributed by atoms with Crippen molar-refractivity contribution in [2.75, 3.05) is 37.7 Å². The lowest BCUT2D eigenvalue weighted by molar-refractivity contribution is -0.235. The minimum atomic E-state index is -0.680. The molecule has 304 valence electrons. The molecule has 6 heteroatoms. The summed E-state index contributed by atoms with van der Waals surface area (Å²) in [7, 11) is 0. The Balaban J connectivity index is 1.28. The molecule has 0 saturated heterocycles. The summed E-state index contributed by atoms with van der Waals surface area (Å²) in [4.78, 5) is 28.0. The van der Waals surface area contributed by atoms with Gasteiger partial charge in [0.05, 0.1) is 5.41 Å². The van der Waals surface area contributed by atoms with E-state index in [4.69, 9.17) is 11.7 Å². The Morgan fingerprint density at radius 3 is 2.13 bits per heavy atom. The zero-order valence-electron chi connectivity index (χ0n) is 35.6. The highest BCUT2D eigenvalue weighted by molar-refractivity contribution is 7.99. The van der Waals surface area contributed by atoms with Gasteiger partial charge >= 0.3 is 5.97 Å². The van der Waals surface area contributed by atoms with Crippen molar-refractivity contribution in [2.45, 2.75) is 177 Å². The molecule has 5 fully saturated rings. The van der Waals surface area contributed by atoms with Crippen LogP contribution in [0.3, 0.4) is 0 Å². The number of hydrogen-bond donors (Lipinski definition) is 2. The second kappa shape index (κ2) is 18.1. The normalized spacial score (nSPS) is 37.3. The number of carboxylic acids is 1. The van der Waals surface area contributed by atoms with Crippen LogP contribution in [0.5, 0.6) is 0 Å². The van der Waals surface area contributed by atoms with Crippen LogP contribution in [-0.2, 0) is 9.59 Å². The summed E-state index contributed by atoms with van der Waals surface area (Å²) in [5.41, 5.74) is 2.68. The highest BCUT2D eigenvalue weighted by Crippen LogP contribution is 2.77. The van der Waals surface area contributed by atoms with Crippen molar-refractivity contribution in [3.63, 3.8) is 0 Å². The minimum absolute atomic E-state index is 0.239. The first-order chi connectivity index (χ1) is 25.2. The molecule has 0 bridgehead atoms. The number of fused-ring (bicyclic) bond motifs is 7. The Kier molecular flexibility index (Phi) is 14.7. The average molecular weight is 755 g/mol. The number of rotatable bonds is 20. The molecule has 0 aliphatic heterocycles. The van der Waals surface area contributed by atoms with Gasteiger partial charge in [-0.2, -0.15) is 11.8 Å². The summed E-state index contributed by atoms with van der Waals surface area (Å²) in [6, 6.07) is 0. The number of carboxylic acid groups (broad SMARTS) is 1. The van der Waals surface area contributed by atoms with E-state index in [1.165, 1.54) is 76.2 Å². The van der Waals surface area contributed by atoms with E-state index in [-0.39, 0.29) is 10.8 Å². The van der Waals surface area contributed by atoms with Gasteiger partial charge in [-0.3, -0.25) is 9.59 Å². The molecule has 0 spiro atoms. The van der Waals surface area contributed by atoms with Crippen molar-refractivity contribution < 1.29 is 14.7 Å². The molecule has 0 aromatic carbocycles. The maximum atomic E-state index is 14.7. The molecule has 9 atom stereocenters. The van der Waals surface area contributed by atoms with Crippen molar-refractivity contribution >= 4 is 23.6 Å². The van der Waals surface area contributed by atoms with Crippen LogP contribution in [0.2, 0.25) is 0 Å². The second-order valence-corrected chi connectivity index (χ2v) is 21.4. The van der Waals surface area contributed by atoms with Crippen molar-refractivity contribution in [1.82, 2.24) is 10.2 Å². The summed E-state index contributed by atoms with van der Waals surface area (Å²) in [6.45, 7) is 26.9. The van der Waals surface area contributed by atoms with E-state index < -0.39 is 5.97 Å². The minimum Gasteiger partial charge on any atom is -0.481 e. The van der Waals surface area contributed by atoms with Crippen LogP contribution in [0, 0.1) is 56.7 Å². The quantitative estimate of drug-likeness (QED) is 0.0957. The molecule has 5 nitrogen and oxygen atoms in total. The highest BCUT2D eigenvalue weighted by Gasteiger charge is 2.71. The first-order valence-corrected chi connectivity index (χ1v) is 23.8. The van der Waals surface area contributed by atoms with Gasteiger partial charge < -0.3 is 15.3 Å². The summed E-state index contributed by atoms with van der Waals surface area (Å²) in [5.74, 6) is 5.01. The Morgan fingerprint density at radius 2 is 1.45 bits per heavy atom. The fourth-order valence-corrected chi connectivity index (χ4v) is 15.4. The topological polar surface area (TPSA) is 69.6 Å². The van der Waals surface area contributed by atoms with Crippen LogP contribution in [0.4, 0.5) is 0 Å². The van der Waals surface area contributed by atoms with Crippen LogP contribution >= 0.6 is 11.8 Å². The first kappa shape index (κ1) is 43.1. The molecule has 0 unspecified atom stereocenters. The lowest BCUT2D eigenvalue weighted by Gasteiger charge is -2.72. The summed E-state index contributed by atoms with van der Waals surface area (Å²) < 4.78 is 0. The van der Waals surface area contributed by atoms with E-state index in [2.05, 4.69) is 70.4 Å². The van der Waals surface area contributed by atoms with E-state index in [0.29, 0.717) is 46.3 Å². The Bertz CT molecular complexity index is 1250. The predicted molar refractivity (Wildman–Crippen MR) is 225 cm³/mol. The number of carbonyl (C=O) groups excluding carboxylic acids is 1. The van der Waals surface area contributed by atoms with Gasteiger partial charge in [0.25, 0.3) is 0 Å². The van der Waals surface area contributed by atoms with E-state index >= 15 is 0 Å². The molecule has 0 aromatic heterocycles. The van der Waals surface area contributed by atoms with Crippen LogP contribution in [0.25, 0.3) is 0 Å². The van der Waals surface area contributed by atoms with Gasteiger partial charge in [-0.1, -0.05) is 106 Å². The van der Waals surface area contributed by atoms with Gasteiger partial charge in [0.1, 0.15) is 0 Å². The summed E-state index contributed by atoms with van der Waals surface area (Å²) in [6.07, 6.45) is 23.1. The van der Waals surface area contributed by atoms with Crippen LogP contribution < -0.4 is 5.32 Å². The van der Waals surface area contributed by atoms with E-state index in [0.717, 1.165) is 101 Å². The number of nitrogens with one attached hydrogen (secondary N) is 1. The molecule has 5 saturated carbocycles. The fraction of sp³-hybridized carbons (Fsp3) is 0.915. The first-order valence-electron chi connectivity index (χ1n) is 22.7. The molecular formula is C47H82N2O3S. The Labute approximate surface area is 330 Å². The fourth-order valence-electron chi connectivity index (χ4n) is 14.4. The van der Waals surface area contributed by atoms with Crippen molar-refractivity contribution in [3.05, 3.63) is 12.2 Å². The molecule has 2 N–H and O–H groups in total. The molecule has 5 aliphatic carbocycles. The largest absolute Gasteiger partial charge is 0.481 e. The molecular weight excluding hydrogens is 673 g/mol. The number of hydrogen-bond acceptors (Lipinski definition) is 4. The smallest absolute Gasteiger partial charge is 0.303 e. The van der Waals surface area contributed by atoms with Gasteiger partial charge in [-0.15, -0.1) is 0 Å². The van der Waals surface area contributed by atoms with E-state index in [1.54, 1.807) is 0 Å². The third-order valence-electron chi connectivity index (χ3n) is 17.5. The number of thioether (sulfide) groups is 1. The van der Waals surface area contributed by atoms with Gasteiger partial charge in [-0.25, -0.2) is 0 Å². The van der Waals surface area contributed by atoms with Gasteiger partial charge in [0.15, 0.2) is 0 Å². The number of carbonyl (C=O) groups is 2. The maximum absolute atomic E-state index is 14.7. The van der Waals surface area contributed by atoms with Crippen molar-refractivity contribution in [1.29, 1.82) is 0 Å². The lowest BCUT2D eigenvalue weighted by atomic mass is 9.32. The molecule has 0 radical (unpaired) electrons. The van der Waals surface area contributed by atoms with Crippen LogP contribution in [0.1, 0.15) is 177 Å². The highest BCUT2D eigenvalue weighted by atomic mass is 32.2. The molecule has 0 aromatic rings. The zero-order valence-corrected chi connectivity index (χ0v) is 36.4. The van der Waals surface area contributed by atoms with E-state index in [1.807, 2.05) is 0 Å². The lowest BCUT2D eigenvalue weighted by Crippen LogP contribution is -2.66. The molecule has 5 aliphatic rings.